The van der Waals surface area contributed by atoms with Gasteiger partial charge in [-0.25, -0.2) is 4.99 Å². The van der Waals surface area contributed by atoms with E-state index in [1.165, 1.54) is 10.4 Å². The normalized spacial score (nSPS) is 22.0. The summed E-state index contributed by atoms with van der Waals surface area (Å²) in [5.74, 6) is -0.731. The second-order valence-corrected chi connectivity index (χ2v) is 11.7. The maximum atomic E-state index is 11.1. The van der Waals surface area contributed by atoms with E-state index >= 15 is 0 Å². The molecule has 1 N–H and O–H groups in total. The zero-order valence-electron chi connectivity index (χ0n) is 16.5. The van der Waals surface area contributed by atoms with Crippen molar-refractivity contribution in [3.05, 3.63) is 41.6 Å². The van der Waals surface area contributed by atoms with Crippen LogP contribution in [0.4, 0.5) is 11.4 Å². The fourth-order valence-electron chi connectivity index (χ4n) is 3.82. The molecule has 1 heterocycles. The van der Waals surface area contributed by atoms with Crippen LogP contribution in [0.15, 0.2) is 51.6 Å². The van der Waals surface area contributed by atoms with E-state index in [0.29, 0.717) is 6.42 Å². The van der Waals surface area contributed by atoms with Crippen molar-refractivity contribution in [1.82, 2.24) is 0 Å². The minimum absolute atomic E-state index is 0.205. The monoisotopic (exact) mass is 381 g/mol. The number of hydrogen-bond acceptors (Lipinski definition) is 4. The highest BCUT2D eigenvalue weighted by Gasteiger charge is 2.41. The van der Waals surface area contributed by atoms with Gasteiger partial charge in [0.15, 0.2) is 0 Å². The Morgan fingerprint density at radius 3 is 2.74 bits per heavy atom. The van der Waals surface area contributed by atoms with Gasteiger partial charge in [-0.3, -0.25) is 9.79 Å². The van der Waals surface area contributed by atoms with Crippen LogP contribution in [0.2, 0.25) is 12.6 Å². The molecule has 0 saturated carbocycles. The van der Waals surface area contributed by atoms with E-state index in [1.807, 2.05) is 27.1 Å². The molecule has 0 fully saturated rings. The molecule has 0 amide bonds. The number of allylic oxidation sites excluding steroid dienone is 4. The number of nitrogens with zero attached hydrogens (tertiary/aromatic N) is 3. The molecule has 1 aromatic carbocycles. The van der Waals surface area contributed by atoms with Gasteiger partial charge in [-0.05, 0) is 66.2 Å². The first-order valence-corrected chi connectivity index (χ1v) is 12.1. The fourth-order valence-corrected chi connectivity index (χ4v) is 7.88. The number of carbonyl (C=O) groups is 1. The van der Waals surface area contributed by atoms with Gasteiger partial charge in [-0.2, -0.15) is 0 Å². The molecule has 1 aliphatic carbocycles. The number of carboxylic acid groups (broad SMARTS) is 1. The Bertz CT molecular complexity index is 883. The van der Waals surface area contributed by atoms with Gasteiger partial charge in [0.2, 0.25) is 0 Å². The van der Waals surface area contributed by atoms with Crippen LogP contribution in [0.25, 0.3) is 0 Å². The largest absolute Gasteiger partial charge is 0.481 e. The third kappa shape index (κ3) is 3.81. The van der Waals surface area contributed by atoms with Gasteiger partial charge in [0, 0.05) is 32.7 Å². The first-order valence-electron chi connectivity index (χ1n) is 9.42. The molecule has 1 unspecified atom stereocenters. The second kappa shape index (κ2) is 7.64. The third-order valence-electron chi connectivity index (χ3n) is 5.31. The molecule has 0 saturated heterocycles. The van der Waals surface area contributed by atoms with Gasteiger partial charge in [0.1, 0.15) is 8.07 Å². The summed E-state index contributed by atoms with van der Waals surface area (Å²) in [6.45, 7) is 5.12. The molecule has 1 aromatic rings. The molecule has 0 spiro atoms. The van der Waals surface area contributed by atoms with Gasteiger partial charge in [0.05, 0.1) is 17.1 Å². The van der Waals surface area contributed by atoms with Crippen LogP contribution in [-0.2, 0) is 4.79 Å². The first-order chi connectivity index (χ1) is 12.8. The SMILES string of the molecule is CC/N=C1\C=CC2=Nc3ccc(N(C)C)cc3[Si](C)(CCCC(=O)O)C2=C1. The maximum absolute atomic E-state index is 11.1. The van der Waals surface area contributed by atoms with Crippen molar-refractivity contribution in [2.75, 3.05) is 25.5 Å². The van der Waals surface area contributed by atoms with E-state index in [-0.39, 0.29) is 6.42 Å². The van der Waals surface area contributed by atoms with Crippen molar-refractivity contribution in [2.45, 2.75) is 32.4 Å². The first kappa shape index (κ1) is 19.3. The highest BCUT2D eigenvalue weighted by Crippen LogP contribution is 2.35. The van der Waals surface area contributed by atoms with E-state index < -0.39 is 14.0 Å². The standard InChI is InChI=1S/C21H27N3O2Si/c1-5-22-15-8-10-17-19(13-15)27(4,12-6-7-21(25)26)20-14-16(24(2)3)9-11-18(20)23-17/h8-11,13-14H,5-7,12H2,1-4H3,(H,25,26)/b22-15+. The summed E-state index contributed by atoms with van der Waals surface area (Å²) in [6.07, 6.45) is 7.15. The summed E-state index contributed by atoms with van der Waals surface area (Å²) in [4.78, 5) is 22.7. The van der Waals surface area contributed by atoms with Crippen LogP contribution in [0.1, 0.15) is 19.8 Å². The van der Waals surface area contributed by atoms with E-state index in [4.69, 9.17) is 10.1 Å². The van der Waals surface area contributed by atoms with Crippen LogP contribution in [-0.4, -0.2) is 51.2 Å². The van der Waals surface area contributed by atoms with Gasteiger partial charge in [0.25, 0.3) is 0 Å². The summed E-state index contributed by atoms with van der Waals surface area (Å²) in [6, 6.07) is 7.33. The molecule has 5 nitrogen and oxygen atoms in total. The molecular formula is C21H27N3O2Si. The molecule has 27 heavy (non-hydrogen) atoms. The quantitative estimate of drug-likeness (QED) is 0.606. The van der Waals surface area contributed by atoms with Crippen LogP contribution < -0.4 is 10.1 Å². The van der Waals surface area contributed by atoms with Gasteiger partial charge in [-0.1, -0.05) is 6.55 Å². The van der Waals surface area contributed by atoms with Crippen molar-refractivity contribution in [3.63, 3.8) is 0 Å². The average Bonchev–Trinajstić information content (AvgIpc) is 2.62. The maximum Gasteiger partial charge on any atom is 0.303 e. The molecule has 1 aliphatic heterocycles. The Hall–Kier alpha value is -2.47. The number of benzene rings is 1. The van der Waals surface area contributed by atoms with Crippen LogP contribution in [0.3, 0.4) is 0 Å². The van der Waals surface area contributed by atoms with Gasteiger partial charge < -0.3 is 10.0 Å². The Morgan fingerprint density at radius 1 is 1.30 bits per heavy atom. The van der Waals surface area contributed by atoms with Crippen molar-refractivity contribution >= 4 is 42.0 Å². The summed E-state index contributed by atoms with van der Waals surface area (Å²) in [5, 5.41) is 11.7. The minimum atomic E-state index is -2.13. The van der Waals surface area contributed by atoms with Gasteiger partial charge in [-0.15, -0.1) is 0 Å². The number of anilines is 1. The molecule has 0 radical (unpaired) electrons. The summed E-state index contributed by atoms with van der Waals surface area (Å²) < 4.78 is 0. The van der Waals surface area contributed by atoms with Crippen LogP contribution in [0.5, 0.6) is 0 Å². The number of carboxylic acids is 1. The molecule has 3 rings (SSSR count). The number of rotatable bonds is 6. The van der Waals surface area contributed by atoms with Crippen LogP contribution in [0, 0.1) is 0 Å². The predicted molar refractivity (Wildman–Crippen MR) is 116 cm³/mol. The zero-order valence-corrected chi connectivity index (χ0v) is 17.5. The summed E-state index contributed by atoms with van der Waals surface area (Å²) in [5.41, 5.74) is 4.17. The summed E-state index contributed by atoms with van der Waals surface area (Å²) >= 11 is 0. The zero-order chi connectivity index (χ0) is 19.6. The lowest BCUT2D eigenvalue weighted by Gasteiger charge is -2.37. The average molecular weight is 382 g/mol. The minimum Gasteiger partial charge on any atom is -0.481 e. The molecule has 0 aromatic heterocycles. The number of aliphatic carboxylic acids is 1. The molecule has 2 aliphatic rings. The smallest absolute Gasteiger partial charge is 0.303 e. The fraction of sp³-hybridized carbons (Fsp3) is 0.381. The number of hydrogen-bond donors (Lipinski definition) is 1. The van der Waals surface area contributed by atoms with Crippen molar-refractivity contribution in [3.8, 4) is 0 Å². The second-order valence-electron chi connectivity index (χ2n) is 7.46. The molecule has 6 heteroatoms. The Kier molecular flexibility index (Phi) is 5.46. The Balaban J connectivity index is 2.13. The van der Waals surface area contributed by atoms with Crippen molar-refractivity contribution in [1.29, 1.82) is 0 Å². The lowest BCUT2D eigenvalue weighted by Crippen LogP contribution is -2.52. The number of fused-ring (bicyclic) bond motifs is 2. The van der Waals surface area contributed by atoms with E-state index in [1.54, 1.807) is 0 Å². The molecule has 0 bridgehead atoms. The summed E-state index contributed by atoms with van der Waals surface area (Å²) in [7, 11) is 1.95. The van der Waals surface area contributed by atoms with Crippen molar-refractivity contribution in [2.24, 2.45) is 9.98 Å². The Labute approximate surface area is 161 Å². The predicted octanol–water partition coefficient (Wildman–Crippen LogP) is 3.49. The number of aliphatic imine (C=N–C) groups is 2. The third-order valence-corrected chi connectivity index (χ3v) is 9.85. The molecular weight excluding hydrogens is 354 g/mol. The van der Waals surface area contributed by atoms with Crippen LogP contribution >= 0.6 is 0 Å². The van der Waals surface area contributed by atoms with E-state index in [9.17, 15) is 4.79 Å². The van der Waals surface area contributed by atoms with Crippen molar-refractivity contribution < 1.29 is 9.90 Å². The lowest BCUT2D eigenvalue weighted by molar-refractivity contribution is -0.137. The topological polar surface area (TPSA) is 65.3 Å². The van der Waals surface area contributed by atoms with E-state index in [0.717, 1.165) is 35.4 Å². The lowest BCUT2D eigenvalue weighted by atomic mass is 10.1. The highest BCUT2D eigenvalue weighted by atomic mass is 28.3. The Morgan fingerprint density at radius 2 is 2.07 bits per heavy atom. The molecule has 142 valence electrons. The van der Waals surface area contributed by atoms with E-state index in [2.05, 4.69) is 46.8 Å². The van der Waals surface area contributed by atoms with Gasteiger partial charge >= 0.3 is 5.97 Å². The highest BCUT2D eigenvalue weighted by molar-refractivity contribution is 7.02. The molecule has 1 atom stereocenters.